The minimum atomic E-state index is -0.554. The van der Waals surface area contributed by atoms with Gasteiger partial charge in [0.1, 0.15) is 18.0 Å². The zero-order chi connectivity index (χ0) is 18.1. The zero-order valence-corrected chi connectivity index (χ0v) is 13.7. The molecule has 0 aromatic heterocycles. The lowest BCUT2D eigenvalue weighted by molar-refractivity contribution is -0.126. The molecule has 0 aliphatic rings. The van der Waals surface area contributed by atoms with Gasteiger partial charge in [0.05, 0.1) is 12.8 Å². The van der Waals surface area contributed by atoms with E-state index in [2.05, 4.69) is 15.8 Å². The van der Waals surface area contributed by atoms with Crippen molar-refractivity contribution in [2.24, 2.45) is 5.10 Å². The van der Waals surface area contributed by atoms with Gasteiger partial charge in [-0.3, -0.25) is 9.59 Å². The van der Waals surface area contributed by atoms with Crippen molar-refractivity contribution in [2.75, 3.05) is 11.9 Å². The topological polar surface area (TPSA) is 79.8 Å². The maximum absolute atomic E-state index is 12.8. The van der Waals surface area contributed by atoms with Crippen LogP contribution in [0, 0.1) is 5.82 Å². The van der Waals surface area contributed by atoms with Crippen molar-refractivity contribution in [3.63, 3.8) is 0 Å². The summed E-state index contributed by atoms with van der Waals surface area (Å²) in [5.41, 5.74) is 3.44. The summed E-state index contributed by atoms with van der Waals surface area (Å²) >= 11 is 0. The Kier molecular flexibility index (Phi) is 6.65. The van der Waals surface area contributed by atoms with Gasteiger partial charge in [0, 0.05) is 5.69 Å². The van der Waals surface area contributed by atoms with E-state index in [4.69, 9.17) is 4.74 Å². The third-order valence-electron chi connectivity index (χ3n) is 3.04. The number of anilines is 1. The first-order chi connectivity index (χ1) is 12.1. The Labute approximate surface area is 144 Å². The molecule has 0 aliphatic carbocycles. The van der Waals surface area contributed by atoms with Crippen molar-refractivity contribution in [3.05, 3.63) is 59.9 Å². The van der Waals surface area contributed by atoms with Crippen LogP contribution in [0.4, 0.5) is 10.1 Å². The van der Waals surface area contributed by atoms with Crippen LogP contribution in [-0.4, -0.2) is 24.6 Å². The Bertz CT molecular complexity index is 743. The number of hydrogen-bond donors (Lipinski definition) is 2. The van der Waals surface area contributed by atoms with E-state index >= 15 is 0 Å². The number of hydrogen-bond acceptors (Lipinski definition) is 4. The summed E-state index contributed by atoms with van der Waals surface area (Å²) < 4.78 is 18.1. The van der Waals surface area contributed by atoms with Crippen molar-refractivity contribution in [2.45, 2.75) is 13.3 Å². The normalized spacial score (nSPS) is 10.5. The first-order valence-electron chi connectivity index (χ1n) is 7.67. The fourth-order valence-corrected chi connectivity index (χ4v) is 1.92. The summed E-state index contributed by atoms with van der Waals surface area (Å²) in [6.45, 7) is 2.44. The van der Waals surface area contributed by atoms with Gasteiger partial charge in [-0.2, -0.15) is 5.10 Å². The maximum atomic E-state index is 12.8. The maximum Gasteiger partial charge on any atom is 0.249 e. The van der Waals surface area contributed by atoms with Gasteiger partial charge in [0.15, 0.2) is 0 Å². The lowest BCUT2D eigenvalue weighted by Gasteiger charge is -2.06. The van der Waals surface area contributed by atoms with Gasteiger partial charge >= 0.3 is 0 Å². The molecule has 2 rings (SSSR count). The predicted octanol–water partition coefficient (Wildman–Crippen LogP) is 2.70. The Hall–Kier alpha value is -3.22. The molecule has 0 spiro atoms. The Balaban J connectivity index is 1.77. The lowest BCUT2D eigenvalue weighted by Crippen LogP contribution is -2.24. The van der Waals surface area contributed by atoms with Gasteiger partial charge in [0.2, 0.25) is 11.8 Å². The highest BCUT2D eigenvalue weighted by atomic mass is 19.1. The van der Waals surface area contributed by atoms with Crippen LogP contribution in [-0.2, 0) is 9.59 Å². The number of nitrogens with zero attached hydrogens (tertiary/aromatic N) is 1. The standard InChI is InChI=1S/C18H18FN3O3/c1-2-25-16-9-7-15(8-10-16)21-17(23)11-18(24)22-20-12-13-3-5-14(19)6-4-13/h3-10,12H,2,11H2,1H3,(H,21,23)(H,22,24). The SMILES string of the molecule is CCOc1ccc(NC(=O)CC(=O)NN=Cc2ccc(F)cc2)cc1. The third kappa shape index (κ3) is 6.42. The second kappa shape index (κ2) is 9.17. The van der Waals surface area contributed by atoms with Gasteiger partial charge in [-0.1, -0.05) is 12.1 Å². The average Bonchev–Trinajstić information content (AvgIpc) is 2.58. The van der Waals surface area contributed by atoms with E-state index in [1.165, 1.54) is 30.5 Å². The Morgan fingerprint density at radius 2 is 1.76 bits per heavy atom. The van der Waals surface area contributed by atoms with Gasteiger partial charge in [0.25, 0.3) is 0 Å². The van der Waals surface area contributed by atoms with Crippen LogP contribution in [0.15, 0.2) is 53.6 Å². The second-order valence-corrected chi connectivity index (χ2v) is 5.03. The smallest absolute Gasteiger partial charge is 0.249 e. The molecule has 2 N–H and O–H groups in total. The summed E-state index contributed by atoms with van der Waals surface area (Å²) in [6.07, 6.45) is 0.996. The van der Waals surface area contributed by atoms with E-state index in [1.54, 1.807) is 24.3 Å². The highest BCUT2D eigenvalue weighted by Crippen LogP contribution is 2.15. The molecule has 2 aromatic carbocycles. The van der Waals surface area contributed by atoms with Gasteiger partial charge in [-0.15, -0.1) is 0 Å². The molecule has 0 bridgehead atoms. The number of ether oxygens (including phenoxy) is 1. The van der Waals surface area contributed by atoms with Crippen molar-refractivity contribution in [3.8, 4) is 5.75 Å². The summed E-state index contributed by atoms with van der Waals surface area (Å²) in [6, 6.07) is 12.4. The molecule has 0 radical (unpaired) electrons. The number of rotatable bonds is 7. The molecule has 0 fully saturated rings. The molecule has 7 heteroatoms. The molecule has 0 atom stereocenters. The number of carbonyl (C=O) groups excluding carboxylic acids is 2. The molecule has 0 heterocycles. The van der Waals surface area contributed by atoms with E-state index in [9.17, 15) is 14.0 Å². The number of halogens is 1. The van der Waals surface area contributed by atoms with Crippen LogP contribution >= 0.6 is 0 Å². The molecule has 0 aliphatic heterocycles. The predicted molar refractivity (Wildman–Crippen MR) is 93.0 cm³/mol. The van der Waals surface area contributed by atoms with Gasteiger partial charge in [-0.25, -0.2) is 9.82 Å². The molecule has 130 valence electrons. The van der Waals surface area contributed by atoms with E-state index in [0.717, 1.165) is 0 Å². The number of benzene rings is 2. The fourth-order valence-electron chi connectivity index (χ4n) is 1.92. The van der Waals surface area contributed by atoms with Gasteiger partial charge < -0.3 is 10.1 Å². The molecule has 6 nitrogen and oxygen atoms in total. The highest BCUT2D eigenvalue weighted by molar-refractivity contribution is 6.03. The largest absolute Gasteiger partial charge is 0.494 e. The highest BCUT2D eigenvalue weighted by Gasteiger charge is 2.09. The minimum Gasteiger partial charge on any atom is -0.494 e. The van der Waals surface area contributed by atoms with Crippen molar-refractivity contribution >= 4 is 23.7 Å². The Morgan fingerprint density at radius 1 is 1.08 bits per heavy atom. The van der Waals surface area contributed by atoms with Crippen LogP contribution in [0.3, 0.4) is 0 Å². The summed E-state index contributed by atoms with van der Waals surface area (Å²) in [4.78, 5) is 23.5. The number of nitrogens with one attached hydrogen (secondary N) is 2. The first-order valence-corrected chi connectivity index (χ1v) is 7.67. The van der Waals surface area contributed by atoms with E-state index in [0.29, 0.717) is 23.6 Å². The van der Waals surface area contributed by atoms with E-state index < -0.39 is 11.8 Å². The van der Waals surface area contributed by atoms with Crippen molar-refractivity contribution in [1.82, 2.24) is 5.43 Å². The Morgan fingerprint density at radius 3 is 2.40 bits per heavy atom. The van der Waals surface area contributed by atoms with Crippen molar-refractivity contribution in [1.29, 1.82) is 0 Å². The molecular weight excluding hydrogens is 325 g/mol. The monoisotopic (exact) mass is 343 g/mol. The first kappa shape index (κ1) is 18.1. The minimum absolute atomic E-state index is 0.354. The summed E-state index contributed by atoms with van der Waals surface area (Å²) in [7, 11) is 0. The summed E-state index contributed by atoms with van der Waals surface area (Å²) in [5, 5.41) is 6.33. The molecule has 0 saturated heterocycles. The summed E-state index contributed by atoms with van der Waals surface area (Å²) in [5.74, 6) is -0.666. The third-order valence-corrected chi connectivity index (χ3v) is 3.04. The van der Waals surface area contributed by atoms with Crippen LogP contribution in [0.25, 0.3) is 0 Å². The van der Waals surface area contributed by atoms with E-state index in [1.807, 2.05) is 6.92 Å². The molecule has 0 unspecified atom stereocenters. The zero-order valence-electron chi connectivity index (χ0n) is 13.7. The number of amides is 2. The molecular formula is C18H18FN3O3. The molecule has 2 aromatic rings. The molecule has 0 saturated carbocycles. The molecule has 2 amide bonds. The number of carbonyl (C=O) groups is 2. The number of hydrazone groups is 1. The lowest BCUT2D eigenvalue weighted by atomic mass is 10.2. The van der Waals surface area contributed by atoms with Crippen LogP contribution in [0.1, 0.15) is 18.9 Å². The second-order valence-electron chi connectivity index (χ2n) is 5.03. The van der Waals surface area contributed by atoms with Gasteiger partial charge in [-0.05, 0) is 48.9 Å². The van der Waals surface area contributed by atoms with Crippen LogP contribution < -0.4 is 15.5 Å². The van der Waals surface area contributed by atoms with Crippen LogP contribution in [0.2, 0.25) is 0 Å². The quantitative estimate of drug-likeness (QED) is 0.461. The molecule has 25 heavy (non-hydrogen) atoms. The van der Waals surface area contributed by atoms with Crippen molar-refractivity contribution < 1.29 is 18.7 Å². The van der Waals surface area contributed by atoms with E-state index in [-0.39, 0.29) is 12.2 Å². The average molecular weight is 343 g/mol. The fraction of sp³-hybridized carbons (Fsp3) is 0.167. The van der Waals surface area contributed by atoms with Crippen LogP contribution in [0.5, 0.6) is 5.75 Å².